The van der Waals surface area contributed by atoms with E-state index in [2.05, 4.69) is 20.1 Å². The summed E-state index contributed by atoms with van der Waals surface area (Å²) in [6.45, 7) is 2.72. The highest BCUT2D eigenvalue weighted by atomic mass is 16.5. The van der Waals surface area contributed by atoms with Crippen molar-refractivity contribution in [2.45, 2.75) is 38.1 Å². The third-order valence-electron chi connectivity index (χ3n) is 4.89. The van der Waals surface area contributed by atoms with Gasteiger partial charge in [-0.3, -0.25) is 10.00 Å². The Kier molecular flexibility index (Phi) is 4.06. The van der Waals surface area contributed by atoms with Gasteiger partial charge in [0.25, 0.3) is 0 Å². The first-order chi connectivity index (χ1) is 11.7. The van der Waals surface area contributed by atoms with Gasteiger partial charge in [0.15, 0.2) is 0 Å². The molecule has 2 aromatic heterocycles. The summed E-state index contributed by atoms with van der Waals surface area (Å²) < 4.78 is 4.75. The molecule has 6 heteroatoms. The number of fused-ring (bicyclic) bond motifs is 1. The van der Waals surface area contributed by atoms with Crippen LogP contribution < -0.4 is 0 Å². The average Bonchev–Trinajstić information content (AvgIpc) is 3.40. The molecule has 1 aliphatic carbocycles. The molecule has 1 N–H and O–H groups in total. The topological polar surface area (TPSA) is 71.1 Å². The zero-order valence-electron chi connectivity index (χ0n) is 13.9. The zero-order valence-corrected chi connectivity index (χ0v) is 13.9. The van der Waals surface area contributed by atoms with Crippen LogP contribution in [0.15, 0.2) is 18.2 Å². The Balaban J connectivity index is 1.44. The van der Waals surface area contributed by atoms with E-state index in [1.165, 1.54) is 36.9 Å². The van der Waals surface area contributed by atoms with Crippen LogP contribution in [-0.4, -0.2) is 46.2 Å². The number of ether oxygens (including phenoxy) is 1. The van der Waals surface area contributed by atoms with Gasteiger partial charge in [-0.15, -0.1) is 0 Å². The number of esters is 1. The number of hydrogen-bond donors (Lipinski definition) is 1. The molecule has 0 atom stereocenters. The quantitative estimate of drug-likeness (QED) is 0.871. The first kappa shape index (κ1) is 15.3. The monoisotopic (exact) mass is 326 g/mol. The van der Waals surface area contributed by atoms with Crippen molar-refractivity contribution in [3.63, 3.8) is 0 Å². The van der Waals surface area contributed by atoms with E-state index in [0.29, 0.717) is 11.6 Å². The Morgan fingerprint density at radius 3 is 2.96 bits per heavy atom. The van der Waals surface area contributed by atoms with E-state index in [1.807, 2.05) is 12.1 Å². The molecule has 0 amide bonds. The second-order valence-electron chi connectivity index (χ2n) is 6.62. The largest absolute Gasteiger partial charge is 0.464 e. The molecule has 126 valence electrons. The van der Waals surface area contributed by atoms with E-state index >= 15 is 0 Å². The van der Waals surface area contributed by atoms with Crippen molar-refractivity contribution in [2.24, 2.45) is 0 Å². The number of H-pyrrole nitrogens is 1. The van der Waals surface area contributed by atoms with Gasteiger partial charge in [0, 0.05) is 37.7 Å². The summed E-state index contributed by atoms with van der Waals surface area (Å²) in [5.74, 6) is 0.304. The van der Waals surface area contributed by atoms with Gasteiger partial charge in [-0.25, -0.2) is 9.78 Å². The summed E-state index contributed by atoms with van der Waals surface area (Å²) in [5, 5.41) is 7.79. The maximum Gasteiger partial charge on any atom is 0.356 e. The number of hydrogen-bond acceptors (Lipinski definition) is 5. The molecule has 0 aromatic carbocycles. The SMILES string of the molecule is COC(=O)c1cccc(CN2CCc3[nH]nc(C4CC4)c3CC2)n1. The number of aromatic nitrogens is 3. The summed E-state index contributed by atoms with van der Waals surface area (Å²) >= 11 is 0. The van der Waals surface area contributed by atoms with E-state index in [0.717, 1.165) is 38.2 Å². The normalized spacial score (nSPS) is 18.0. The van der Waals surface area contributed by atoms with Crippen LogP contribution in [0.25, 0.3) is 0 Å². The summed E-state index contributed by atoms with van der Waals surface area (Å²) in [7, 11) is 1.38. The number of carbonyl (C=O) groups excluding carboxylic acids is 1. The summed E-state index contributed by atoms with van der Waals surface area (Å²) in [6.07, 6.45) is 4.59. The van der Waals surface area contributed by atoms with Crippen molar-refractivity contribution in [3.05, 3.63) is 46.5 Å². The van der Waals surface area contributed by atoms with E-state index in [9.17, 15) is 4.79 Å². The number of carbonyl (C=O) groups is 1. The highest BCUT2D eigenvalue weighted by molar-refractivity contribution is 5.87. The standard InChI is InChI=1S/C18H22N4O2/c1-24-18(23)16-4-2-3-13(19-16)11-22-9-7-14-15(8-10-22)20-21-17(14)12-5-6-12/h2-4,12H,5-11H2,1H3,(H,20,21). The van der Waals surface area contributed by atoms with Gasteiger partial charge in [0.05, 0.1) is 18.5 Å². The fourth-order valence-corrected chi connectivity index (χ4v) is 3.42. The van der Waals surface area contributed by atoms with Crippen molar-refractivity contribution in [3.8, 4) is 0 Å². The Hall–Kier alpha value is -2.21. The van der Waals surface area contributed by atoms with Crippen LogP contribution in [0.3, 0.4) is 0 Å². The molecule has 1 saturated carbocycles. The molecule has 0 radical (unpaired) electrons. The van der Waals surface area contributed by atoms with Crippen LogP contribution >= 0.6 is 0 Å². The molecule has 3 heterocycles. The molecule has 4 rings (SSSR count). The Morgan fingerprint density at radius 2 is 2.17 bits per heavy atom. The van der Waals surface area contributed by atoms with Gasteiger partial charge in [-0.1, -0.05) is 6.07 Å². The van der Waals surface area contributed by atoms with Crippen LogP contribution in [0.5, 0.6) is 0 Å². The van der Waals surface area contributed by atoms with Crippen molar-refractivity contribution >= 4 is 5.97 Å². The van der Waals surface area contributed by atoms with Gasteiger partial charge < -0.3 is 4.74 Å². The maximum atomic E-state index is 11.6. The molecule has 0 unspecified atom stereocenters. The molecule has 2 aliphatic rings. The summed E-state index contributed by atoms with van der Waals surface area (Å²) in [6, 6.07) is 5.52. The second-order valence-corrected chi connectivity index (χ2v) is 6.62. The minimum atomic E-state index is -0.386. The highest BCUT2D eigenvalue weighted by Gasteiger charge is 2.31. The molecule has 1 aliphatic heterocycles. The van der Waals surface area contributed by atoms with Gasteiger partial charge in [-0.2, -0.15) is 5.10 Å². The fourth-order valence-electron chi connectivity index (χ4n) is 3.42. The fraction of sp³-hybridized carbons (Fsp3) is 0.500. The highest BCUT2D eigenvalue weighted by Crippen LogP contribution is 2.41. The lowest BCUT2D eigenvalue weighted by Gasteiger charge is -2.19. The van der Waals surface area contributed by atoms with Gasteiger partial charge in [-0.05, 0) is 37.0 Å². The zero-order chi connectivity index (χ0) is 16.5. The third-order valence-corrected chi connectivity index (χ3v) is 4.89. The van der Waals surface area contributed by atoms with Crippen LogP contribution in [-0.2, 0) is 24.1 Å². The van der Waals surface area contributed by atoms with E-state index in [1.54, 1.807) is 6.07 Å². The molecule has 0 saturated heterocycles. The van der Waals surface area contributed by atoms with E-state index in [4.69, 9.17) is 4.74 Å². The predicted molar refractivity (Wildman–Crippen MR) is 88.8 cm³/mol. The Morgan fingerprint density at radius 1 is 1.33 bits per heavy atom. The first-order valence-corrected chi connectivity index (χ1v) is 8.57. The number of rotatable bonds is 4. The molecule has 2 aromatic rings. The molecule has 0 bridgehead atoms. The van der Waals surface area contributed by atoms with Crippen LogP contribution in [0.2, 0.25) is 0 Å². The summed E-state index contributed by atoms with van der Waals surface area (Å²) in [4.78, 5) is 18.4. The van der Waals surface area contributed by atoms with Crippen LogP contribution in [0.4, 0.5) is 0 Å². The molecular formula is C18H22N4O2. The van der Waals surface area contributed by atoms with Gasteiger partial charge >= 0.3 is 5.97 Å². The third kappa shape index (κ3) is 3.06. The Labute approximate surface area is 141 Å². The lowest BCUT2D eigenvalue weighted by Crippen LogP contribution is -2.27. The molecule has 0 spiro atoms. The molecular weight excluding hydrogens is 304 g/mol. The van der Waals surface area contributed by atoms with E-state index in [-0.39, 0.29) is 5.97 Å². The first-order valence-electron chi connectivity index (χ1n) is 8.57. The Bertz CT molecular complexity index is 751. The van der Waals surface area contributed by atoms with Crippen LogP contribution in [0.1, 0.15) is 51.9 Å². The molecule has 24 heavy (non-hydrogen) atoms. The van der Waals surface area contributed by atoms with Crippen LogP contribution in [0, 0.1) is 0 Å². The second kappa shape index (κ2) is 6.36. The van der Waals surface area contributed by atoms with Crippen molar-refractivity contribution in [1.29, 1.82) is 0 Å². The van der Waals surface area contributed by atoms with Crippen molar-refractivity contribution in [2.75, 3.05) is 20.2 Å². The molecule has 6 nitrogen and oxygen atoms in total. The number of nitrogens with one attached hydrogen (secondary N) is 1. The maximum absolute atomic E-state index is 11.6. The minimum Gasteiger partial charge on any atom is -0.464 e. The lowest BCUT2D eigenvalue weighted by molar-refractivity contribution is 0.0593. The van der Waals surface area contributed by atoms with Gasteiger partial charge in [0.2, 0.25) is 0 Å². The summed E-state index contributed by atoms with van der Waals surface area (Å²) in [5.41, 5.74) is 5.32. The smallest absolute Gasteiger partial charge is 0.356 e. The number of methoxy groups -OCH3 is 1. The number of pyridine rings is 1. The van der Waals surface area contributed by atoms with Gasteiger partial charge in [0.1, 0.15) is 5.69 Å². The van der Waals surface area contributed by atoms with E-state index < -0.39 is 0 Å². The number of nitrogens with zero attached hydrogens (tertiary/aromatic N) is 3. The average molecular weight is 326 g/mol. The van der Waals surface area contributed by atoms with Crippen molar-refractivity contribution < 1.29 is 9.53 Å². The van der Waals surface area contributed by atoms with Crippen molar-refractivity contribution in [1.82, 2.24) is 20.1 Å². The lowest BCUT2D eigenvalue weighted by atomic mass is 10.1. The number of aromatic amines is 1. The minimum absolute atomic E-state index is 0.371. The molecule has 1 fully saturated rings. The predicted octanol–water partition coefficient (Wildman–Crippen LogP) is 2.07.